The summed E-state index contributed by atoms with van der Waals surface area (Å²) in [5.74, 6) is 1.86. The van der Waals surface area contributed by atoms with Crippen molar-refractivity contribution >= 4 is 18.3 Å². The smallest absolute Gasteiger partial charge is 0.224 e. The number of amides is 1. The van der Waals surface area contributed by atoms with Gasteiger partial charge in [-0.25, -0.2) is 0 Å². The van der Waals surface area contributed by atoms with E-state index in [1.165, 1.54) is 12.8 Å². The third-order valence-electron chi connectivity index (χ3n) is 4.70. The molecule has 2 rings (SSSR count). The van der Waals surface area contributed by atoms with Crippen molar-refractivity contribution in [1.29, 1.82) is 0 Å². The Balaban J connectivity index is 0.00000162. The Hall–Kier alpha value is -0.280. The first-order valence-electron chi connectivity index (χ1n) is 7.19. The highest BCUT2D eigenvalue weighted by Crippen LogP contribution is 2.29. The zero-order chi connectivity index (χ0) is 12.3. The van der Waals surface area contributed by atoms with Crippen LogP contribution in [-0.4, -0.2) is 25.0 Å². The molecule has 3 nitrogen and oxygen atoms in total. The molecule has 0 aromatic carbocycles. The van der Waals surface area contributed by atoms with Crippen LogP contribution in [0.4, 0.5) is 0 Å². The van der Waals surface area contributed by atoms with Crippen molar-refractivity contribution in [3.8, 4) is 0 Å². The highest BCUT2D eigenvalue weighted by Gasteiger charge is 2.30. The Bertz CT molecular complexity index is 267. The van der Waals surface area contributed by atoms with Gasteiger partial charge < -0.3 is 10.6 Å². The van der Waals surface area contributed by atoms with Crippen LogP contribution in [0.25, 0.3) is 0 Å². The highest BCUT2D eigenvalue weighted by molar-refractivity contribution is 5.85. The summed E-state index contributed by atoms with van der Waals surface area (Å²) in [6, 6.07) is 0.410. The number of hydrogen-bond acceptors (Lipinski definition) is 2. The van der Waals surface area contributed by atoms with Gasteiger partial charge in [-0.15, -0.1) is 12.4 Å². The zero-order valence-corrected chi connectivity index (χ0v) is 12.4. The molecule has 1 heterocycles. The molecule has 106 valence electrons. The number of nitrogens with one attached hydrogen (secondary N) is 2. The van der Waals surface area contributed by atoms with E-state index in [4.69, 9.17) is 0 Å². The van der Waals surface area contributed by atoms with Crippen LogP contribution in [0.3, 0.4) is 0 Å². The van der Waals surface area contributed by atoms with Crippen molar-refractivity contribution in [1.82, 2.24) is 10.6 Å². The lowest BCUT2D eigenvalue weighted by atomic mass is 9.78. The average Bonchev–Trinajstić information content (AvgIpc) is 2.36. The van der Waals surface area contributed by atoms with Crippen LogP contribution in [0.15, 0.2) is 0 Å². The molecule has 2 fully saturated rings. The van der Waals surface area contributed by atoms with Crippen LogP contribution in [-0.2, 0) is 4.79 Å². The average molecular weight is 275 g/mol. The van der Waals surface area contributed by atoms with Crippen LogP contribution in [0.5, 0.6) is 0 Å². The van der Waals surface area contributed by atoms with Crippen LogP contribution in [0, 0.1) is 17.8 Å². The number of rotatable bonds is 2. The first-order valence-corrected chi connectivity index (χ1v) is 7.19. The van der Waals surface area contributed by atoms with Gasteiger partial charge in [0.05, 0.1) is 5.92 Å². The first kappa shape index (κ1) is 15.8. The fourth-order valence-electron chi connectivity index (χ4n) is 3.16. The summed E-state index contributed by atoms with van der Waals surface area (Å²) in [5, 5.41) is 6.60. The summed E-state index contributed by atoms with van der Waals surface area (Å²) >= 11 is 0. The molecule has 2 aliphatic rings. The molecule has 4 unspecified atom stereocenters. The number of halogens is 1. The summed E-state index contributed by atoms with van der Waals surface area (Å²) in [6.45, 7) is 6.53. The molecule has 0 spiro atoms. The van der Waals surface area contributed by atoms with Crippen LogP contribution in [0.2, 0.25) is 0 Å². The molecule has 4 heteroatoms. The van der Waals surface area contributed by atoms with E-state index in [0.717, 1.165) is 38.3 Å². The van der Waals surface area contributed by atoms with Gasteiger partial charge in [0.25, 0.3) is 0 Å². The normalized spacial score (nSPS) is 36.6. The molecule has 1 aliphatic heterocycles. The molecule has 1 saturated heterocycles. The molecule has 0 bridgehead atoms. The van der Waals surface area contributed by atoms with Gasteiger partial charge in [-0.2, -0.15) is 0 Å². The molecule has 0 aromatic rings. The summed E-state index contributed by atoms with van der Waals surface area (Å²) < 4.78 is 0. The first-order chi connectivity index (χ1) is 8.18. The molecule has 1 amide bonds. The van der Waals surface area contributed by atoms with Gasteiger partial charge in [0.1, 0.15) is 0 Å². The maximum atomic E-state index is 12.2. The lowest BCUT2D eigenvalue weighted by Crippen LogP contribution is -2.48. The van der Waals surface area contributed by atoms with E-state index < -0.39 is 0 Å². The van der Waals surface area contributed by atoms with Crippen molar-refractivity contribution in [2.45, 2.75) is 52.0 Å². The number of carbonyl (C=O) groups is 1. The highest BCUT2D eigenvalue weighted by atomic mass is 35.5. The minimum Gasteiger partial charge on any atom is -0.353 e. The standard InChI is InChI=1S/C14H26N2O.ClH/c1-10-5-3-7-13(11(10)2)16-14(17)12-6-4-8-15-9-12;/h10-13,15H,3-9H2,1-2H3,(H,16,17);1H. The number of hydrogen-bond donors (Lipinski definition) is 2. The van der Waals surface area contributed by atoms with Gasteiger partial charge >= 0.3 is 0 Å². The Kier molecular flexibility index (Phi) is 6.44. The number of carbonyl (C=O) groups excluding carboxylic acids is 1. The molecular formula is C14H27ClN2O. The van der Waals surface area contributed by atoms with Crippen molar-refractivity contribution < 1.29 is 4.79 Å². The van der Waals surface area contributed by atoms with E-state index in [2.05, 4.69) is 24.5 Å². The van der Waals surface area contributed by atoms with Gasteiger partial charge in [0.15, 0.2) is 0 Å². The van der Waals surface area contributed by atoms with E-state index in [1.807, 2.05) is 0 Å². The summed E-state index contributed by atoms with van der Waals surface area (Å²) in [7, 11) is 0. The fraction of sp³-hybridized carbons (Fsp3) is 0.929. The Morgan fingerprint density at radius 2 is 1.94 bits per heavy atom. The van der Waals surface area contributed by atoms with Crippen molar-refractivity contribution in [2.24, 2.45) is 17.8 Å². The second-order valence-corrected chi connectivity index (χ2v) is 5.93. The molecule has 1 aliphatic carbocycles. The molecule has 4 atom stereocenters. The van der Waals surface area contributed by atoms with E-state index in [9.17, 15) is 4.79 Å². The predicted octanol–water partition coefficient (Wildman–Crippen LogP) is 2.35. The molecule has 2 N–H and O–H groups in total. The monoisotopic (exact) mass is 274 g/mol. The van der Waals surface area contributed by atoms with E-state index >= 15 is 0 Å². The van der Waals surface area contributed by atoms with E-state index in [0.29, 0.717) is 12.0 Å². The van der Waals surface area contributed by atoms with Gasteiger partial charge in [-0.3, -0.25) is 4.79 Å². The summed E-state index contributed by atoms with van der Waals surface area (Å²) in [4.78, 5) is 12.2. The Morgan fingerprint density at radius 3 is 2.61 bits per heavy atom. The molecule has 0 aromatic heterocycles. The van der Waals surface area contributed by atoms with Gasteiger partial charge in [0, 0.05) is 12.6 Å². The molecular weight excluding hydrogens is 248 g/mol. The Morgan fingerprint density at radius 1 is 1.17 bits per heavy atom. The summed E-state index contributed by atoms with van der Waals surface area (Å²) in [6.07, 6.45) is 5.93. The van der Waals surface area contributed by atoms with Gasteiger partial charge in [-0.05, 0) is 37.6 Å². The summed E-state index contributed by atoms with van der Waals surface area (Å²) in [5.41, 5.74) is 0. The van der Waals surface area contributed by atoms with Crippen LogP contribution in [0.1, 0.15) is 46.0 Å². The minimum atomic E-state index is 0. The Labute approximate surface area is 117 Å². The van der Waals surface area contributed by atoms with Gasteiger partial charge in [0.2, 0.25) is 5.91 Å². The van der Waals surface area contributed by atoms with Crippen LogP contribution >= 0.6 is 12.4 Å². The topological polar surface area (TPSA) is 41.1 Å². The second-order valence-electron chi connectivity index (χ2n) is 5.93. The van der Waals surface area contributed by atoms with Crippen molar-refractivity contribution in [3.63, 3.8) is 0 Å². The maximum Gasteiger partial charge on any atom is 0.224 e. The van der Waals surface area contributed by atoms with Crippen molar-refractivity contribution in [2.75, 3.05) is 13.1 Å². The number of piperidine rings is 1. The minimum absolute atomic E-state index is 0. The third-order valence-corrected chi connectivity index (χ3v) is 4.70. The predicted molar refractivity (Wildman–Crippen MR) is 77.0 cm³/mol. The zero-order valence-electron chi connectivity index (χ0n) is 11.6. The lowest BCUT2D eigenvalue weighted by Gasteiger charge is -2.35. The molecule has 1 saturated carbocycles. The molecule has 18 heavy (non-hydrogen) atoms. The lowest BCUT2D eigenvalue weighted by molar-refractivity contribution is -0.127. The largest absolute Gasteiger partial charge is 0.353 e. The van der Waals surface area contributed by atoms with Crippen LogP contribution < -0.4 is 10.6 Å². The van der Waals surface area contributed by atoms with E-state index in [1.54, 1.807) is 0 Å². The van der Waals surface area contributed by atoms with Crippen molar-refractivity contribution in [3.05, 3.63) is 0 Å². The fourth-order valence-corrected chi connectivity index (χ4v) is 3.16. The van der Waals surface area contributed by atoms with E-state index in [-0.39, 0.29) is 24.2 Å². The third kappa shape index (κ3) is 3.86. The SMILES string of the molecule is CC1CCCC(NC(=O)C2CCCNC2)C1C.Cl. The molecule has 0 radical (unpaired) electrons. The van der Waals surface area contributed by atoms with Gasteiger partial charge in [-0.1, -0.05) is 26.7 Å². The maximum absolute atomic E-state index is 12.2. The second kappa shape index (κ2) is 7.34. The quantitative estimate of drug-likeness (QED) is 0.812.